The second-order valence-corrected chi connectivity index (χ2v) is 35.5. The van der Waals surface area contributed by atoms with Crippen LogP contribution in [0.5, 0.6) is 28.7 Å². The summed E-state index contributed by atoms with van der Waals surface area (Å²) in [5.41, 5.74) is 19.7. The number of benzene rings is 7. The number of nitrogens with one attached hydrogen (secondary N) is 2. The van der Waals surface area contributed by atoms with Gasteiger partial charge < -0.3 is 43.7 Å². The fourth-order valence-electron chi connectivity index (χ4n) is 17.0. The lowest BCUT2D eigenvalue weighted by molar-refractivity contribution is 0.0696. The van der Waals surface area contributed by atoms with Crippen LogP contribution in [0.4, 0.5) is 11.4 Å². The van der Waals surface area contributed by atoms with Crippen LogP contribution in [0.3, 0.4) is 0 Å². The maximum atomic E-state index is 12.0. The van der Waals surface area contributed by atoms with Gasteiger partial charge in [-0.25, -0.2) is 14.8 Å². The first kappa shape index (κ1) is 91.9. The highest BCUT2D eigenvalue weighted by atomic mass is 32.2. The van der Waals surface area contributed by atoms with E-state index in [1.807, 2.05) is 36.0 Å². The molecular formula is C111H127N7O7S2. The predicted molar refractivity (Wildman–Crippen MR) is 530 cm³/mol. The van der Waals surface area contributed by atoms with Gasteiger partial charge in [0.2, 0.25) is 0 Å². The molecule has 0 amide bonds. The van der Waals surface area contributed by atoms with Gasteiger partial charge in [-0.3, -0.25) is 0 Å². The van der Waals surface area contributed by atoms with E-state index in [0.717, 1.165) is 204 Å². The number of H-pyrrole nitrogens is 2. The zero-order valence-electron chi connectivity index (χ0n) is 75.6. The molecule has 7 aromatic carbocycles. The van der Waals surface area contributed by atoms with Crippen LogP contribution >= 0.6 is 23.5 Å². The molecule has 4 aromatic heterocycles. The largest absolute Gasteiger partial charge is 0.494 e. The van der Waals surface area contributed by atoms with E-state index < -0.39 is 5.97 Å². The fraction of sp³-hybridized carbons (Fsp3) is 0.396. The molecule has 0 atom stereocenters. The zero-order chi connectivity index (χ0) is 87.7. The zero-order valence-corrected chi connectivity index (χ0v) is 77.3. The van der Waals surface area contributed by atoms with Crippen molar-refractivity contribution in [3.05, 3.63) is 208 Å². The first-order valence-electron chi connectivity index (χ1n) is 47.7. The minimum Gasteiger partial charge on any atom is -0.494 e. The Labute approximate surface area is 762 Å². The number of aromatic amines is 2. The maximum Gasteiger partial charge on any atom is 0.335 e. The molecule has 0 aliphatic carbocycles. The number of hydrogen-bond donors (Lipinski definition) is 3. The van der Waals surface area contributed by atoms with Crippen LogP contribution in [0, 0.1) is 23.7 Å². The van der Waals surface area contributed by atoms with Crippen LogP contribution < -0.4 is 28.6 Å². The molecule has 8 bridgehead atoms. The van der Waals surface area contributed by atoms with E-state index in [0.29, 0.717) is 99.9 Å². The van der Waals surface area contributed by atoms with Crippen molar-refractivity contribution < 1.29 is 33.6 Å². The number of hydrogen-bond acceptors (Lipinski definition) is 13. The van der Waals surface area contributed by atoms with Gasteiger partial charge in [0.05, 0.1) is 123 Å². The van der Waals surface area contributed by atoms with Crippen LogP contribution in [0.2, 0.25) is 0 Å². The first-order valence-corrected chi connectivity index (χ1v) is 49.2. The molecule has 3 aliphatic rings. The Morgan fingerprint density at radius 1 is 0.370 bits per heavy atom. The molecule has 0 saturated carbocycles. The van der Waals surface area contributed by atoms with Crippen molar-refractivity contribution >= 4 is 98.2 Å². The summed E-state index contributed by atoms with van der Waals surface area (Å²) in [6.45, 7) is 17.3. The molecule has 0 spiro atoms. The summed E-state index contributed by atoms with van der Waals surface area (Å²) in [5.74, 6) is 17.7. The van der Waals surface area contributed by atoms with Gasteiger partial charge >= 0.3 is 5.97 Å². The highest BCUT2D eigenvalue weighted by Gasteiger charge is 2.28. The lowest BCUT2D eigenvalue weighted by atomic mass is 10.00. The summed E-state index contributed by atoms with van der Waals surface area (Å²) >= 11 is 2.94. The van der Waals surface area contributed by atoms with E-state index >= 15 is 0 Å². The molecule has 127 heavy (non-hydrogen) atoms. The van der Waals surface area contributed by atoms with Gasteiger partial charge in [-0.15, -0.1) is 0 Å². The second-order valence-electron chi connectivity index (χ2n) is 33.8. The number of ether oxygens (including phenoxy) is 5. The average Bonchev–Trinajstić information content (AvgIpc) is 1.75. The standard InChI is InChI=1S/C111H127N7O7S2/c1-7-13-19-25-29-35-73-122-99-41-39-42-100(123-74-36-30-26-20-14-8-2)107(99)105-93-65-61-89(112-93)87(58-45-79-46-69-97-103(77-79)126-104-78-84(55-70-98(104)118(97)71-33-23-17-11-5)80-51-56-85(57-52-80)121-72-34-24-18-12-6)90-62-66-94(113-90)106(108-101(124-75-37-31-27-21-15-9-3)43-40-44-102(108)125-76-38-32-28-22-16-10-4)96-68-64-92(115-96)88(91-63-67-95(105)114-91)60-54-82-53-59-86(110-109(82)116-127-117-110)81-47-49-83(50-48-81)111(119)120/h39-44,46-53,55-57,59,61-70,77-78,112,115H,7-38,71-76H2,1-6H3,(H,119,120). The molecular weight excluding hydrogens is 1610 g/mol. The number of carboxylic acid groups (broad SMARTS) is 1. The molecule has 0 saturated heterocycles. The number of aromatic carboxylic acids is 1. The Morgan fingerprint density at radius 3 is 1.28 bits per heavy atom. The molecule has 0 fully saturated rings. The summed E-state index contributed by atoms with van der Waals surface area (Å²) < 4.78 is 44.3. The summed E-state index contributed by atoms with van der Waals surface area (Å²) in [5, 5.41) is 9.83. The van der Waals surface area contributed by atoms with Crippen LogP contribution in [0.15, 0.2) is 168 Å². The maximum absolute atomic E-state index is 12.0. The number of fused-ring (bicyclic) bond motifs is 11. The van der Waals surface area contributed by atoms with Gasteiger partial charge in [0.25, 0.3) is 0 Å². The number of aromatic nitrogens is 6. The third kappa shape index (κ3) is 24.3. The summed E-state index contributed by atoms with van der Waals surface area (Å²) in [4.78, 5) is 36.6. The monoisotopic (exact) mass is 1730 g/mol. The van der Waals surface area contributed by atoms with E-state index in [-0.39, 0.29) is 5.56 Å². The van der Waals surface area contributed by atoms with Gasteiger partial charge in [0.1, 0.15) is 39.8 Å². The molecule has 16 heteroatoms. The lowest BCUT2D eigenvalue weighted by Gasteiger charge is -2.33. The fourth-order valence-corrected chi connectivity index (χ4v) is 18.8. The van der Waals surface area contributed by atoms with E-state index in [1.165, 1.54) is 125 Å². The van der Waals surface area contributed by atoms with Crippen molar-refractivity contribution in [2.75, 3.05) is 44.5 Å². The van der Waals surface area contributed by atoms with E-state index in [9.17, 15) is 9.90 Å². The second kappa shape index (κ2) is 48.0. The van der Waals surface area contributed by atoms with Crippen LogP contribution in [0.25, 0.3) is 102 Å². The molecule has 14 rings (SSSR count). The highest BCUT2D eigenvalue weighted by molar-refractivity contribution is 7.99. The van der Waals surface area contributed by atoms with E-state index in [1.54, 1.807) is 12.1 Å². The topological polar surface area (TPSA) is 170 Å². The minimum atomic E-state index is -0.988. The molecule has 660 valence electrons. The highest BCUT2D eigenvalue weighted by Crippen LogP contribution is 2.51. The number of unbranched alkanes of at least 4 members (excludes halogenated alkanes) is 26. The molecule has 3 N–H and O–H groups in total. The molecule has 3 aliphatic heterocycles. The van der Waals surface area contributed by atoms with E-state index in [4.69, 9.17) is 42.4 Å². The normalized spacial score (nSPS) is 11.9. The van der Waals surface area contributed by atoms with E-state index in [2.05, 4.69) is 226 Å². The third-order valence-corrected chi connectivity index (χ3v) is 25.8. The Bertz CT molecular complexity index is 5720. The third-order valence-electron chi connectivity index (χ3n) is 24.2. The summed E-state index contributed by atoms with van der Waals surface area (Å²) in [7, 11) is 0. The van der Waals surface area contributed by atoms with Crippen molar-refractivity contribution in [2.45, 2.75) is 257 Å². The van der Waals surface area contributed by atoms with Gasteiger partial charge in [-0.1, -0.05) is 292 Å². The van der Waals surface area contributed by atoms with Crippen molar-refractivity contribution in [3.8, 4) is 96.9 Å². The number of anilines is 2. The molecule has 0 radical (unpaired) electrons. The van der Waals surface area contributed by atoms with Crippen LogP contribution in [-0.2, 0) is 0 Å². The Hall–Kier alpha value is -11.3. The van der Waals surface area contributed by atoms with Crippen molar-refractivity contribution in [2.24, 2.45) is 0 Å². The molecule has 11 aromatic rings. The summed E-state index contributed by atoms with van der Waals surface area (Å²) in [6, 6.07) is 54.1. The Balaban J connectivity index is 0.985. The molecule has 0 unspecified atom stereocenters. The average molecular weight is 1740 g/mol. The van der Waals surface area contributed by atoms with Gasteiger partial charge in [-0.05, 0) is 189 Å². The SMILES string of the molecule is CCCCCCCCOc1cccc(OCCCCCCCC)c1-c1c2nc(c(C#Cc3ccc(-c4ccc(C(=O)O)cc4)c4nsnc34)c3ccc([nH]3)c(-c3c(OCCCCCCCC)cccc3OCCCCCCCC)c3nc(c(C#Cc4ccc5c(c4)Sc4cc(-c6ccc(OCCCCCC)cc6)ccc4N5CCCCCC)c4ccc1[nH]4)C=C3)C=C2. The Kier molecular flexibility index (Phi) is 34.8. The van der Waals surface area contributed by atoms with Crippen molar-refractivity contribution in [1.29, 1.82) is 0 Å². The first-order chi connectivity index (χ1) is 62.6. The van der Waals surface area contributed by atoms with Crippen LogP contribution in [-0.4, -0.2) is 79.3 Å². The quantitative estimate of drug-likeness (QED) is 0.0243. The number of carbonyl (C=O) groups is 1. The van der Waals surface area contributed by atoms with Crippen LogP contribution in [0.1, 0.15) is 302 Å². The molecule has 14 nitrogen and oxygen atoms in total. The van der Waals surface area contributed by atoms with Gasteiger partial charge in [-0.2, -0.15) is 8.75 Å². The number of rotatable bonds is 48. The van der Waals surface area contributed by atoms with Gasteiger partial charge in [0, 0.05) is 49.6 Å². The van der Waals surface area contributed by atoms with Crippen molar-refractivity contribution in [1.82, 2.24) is 28.7 Å². The van der Waals surface area contributed by atoms with Crippen molar-refractivity contribution in [3.63, 3.8) is 0 Å². The smallest absolute Gasteiger partial charge is 0.335 e. The molecule has 7 heterocycles. The van der Waals surface area contributed by atoms with Gasteiger partial charge in [0.15, 0.2) is 0 Å². The lowest BCUT2D eigenvalue weighted by Crippen LogP contribution is -2.22. The number of nitrogens with zero attached hydrogens (tertiary/aromatic N) is 5. The Morgan fingerprint density at radius 2 is 0.780 bits per heavy atom. The minimum absolute atomic E-state index is 0.204. The number of carboxylic acids is 1. The summed E-state index contributed by atoms with van der Waals surface area (Å²) in [6.07, 6.45) is 44.6. The predicted octanol–water partition coefficient (Wildman–Crippen LogP) is 30.9.